The molecule has 1 saturated carbocycles. The van der Waals surface area contributed by atoms with E-state index in [9.17, 15) is 4.79 Å². The second kappa shape index (κ2) is 8.51. The molecule has 3 heterocycles. The number of aryl methyl sites for hydroxylation is 1. The van der Waals surface area contributed by atoms with Gasteiger partial charge >= 0.3 is 5.97 Å². The minimum absolute atomic E-state index is 0.0963. The first kappa shape index (κ1) is 20.3. The number of nitrogens with two attached hydrogens (primary N) is 1. The second-order valence-corrected chi connectivity index (χ2v) is 8.31. The van der Waals surface area contributed by atoms with Gasteiger partial charge in [-0.05, 0) is 56.5 Å². The standard InChI is InChI=1S/C25H25N5O2/c1-15-5-4-7-21(30-15)24-23(28-14-29-24)16-9-10-20-17(11-16)12-18(13-27-20)25(31)32-22-8-3-2-6-19(22)26/h4-5,7,9-14,19,22H,2-3,6,8,26H2,1H3,(H,28,29)/t19-,22-/m1/s1. The van der Waals surface area contributed by atoms with Crippen molar-refractivity contribution in [2.75, 3.05) is 0 Å². The molecule has 0 aliphatic heterocycles. The number of benzene rings is 1. The zero-order chi connectivity index (χ0) is 22.1. The number of ether oxygens (including phenoxy) is 1. The predicted octanol–water partition coefficient (Wildman–Crippen LogP) is 4.42. The predicted molar refractivity (Wildman–Crippen MR) is 123 cm³/mol. The summed E-state index contributed by atoms with van der Waals surface area (Å²) in [5, 5.41) is 0.844. The van der Waals surface area contributed by atoms with Gasteiger partial charge in [0.2, 0.25) is 0 Å². The molecule has 3 aromatic heterocycles. The molecule has 5 rings (SSSR count). The molecule has 0 bridgehead atoms. The van der Waals surface area contributed by atoms with Gasteiger partial charge in [0.1, 0.15) is 6.10 Å². The Balaban J connectivity index is 1.46. The van der Waals surface area contributed by atoms with Crippen LogP contribution in [0.15, 0.2) is 55.0 Å². The maximum Gasteiger partial charge on any atom is 0.340 e. The number of aromatic amines is 1. The number of pyridine rings is 2. The van der Waals surface area contributed by atoms with Crippen LogP contribution in [0, 0.1) is 6.92 Å². The van der Waals surface area contributed by atoms with Crippen LogP contribution in [-0.4, -0.2) is 38.1 Å². The number of aromatic nitrogens is 4. The van der Waals surface area contributed by atoms with Crippen molar-refractivity contribution in [3.63, 3.8) is 0 Å². The normalized spacial score (nSPS) is 18.6. The summed E-state index contributed by atoms with van der Waals surface area (Å²) >= 11 is 0. The van der Waals surface area contributed by atoms with Crippen molar-refractivity contribution < 1.29 is 9.53 Å². The highest BCUT2D eigenvalue weighted by Gasteiger charge is 2.26. The molecule has 1 aliphatic rings. The Kier molecular flexibility index (Phi) is 5.41. The highest BCUT2D eigenvalue weighted by atomic mass is 16.5. The zero-order valence-corrected chi connectivity index (χ0v) is 17.9. The van der Waals surface area contributed by atoms with Gasteiger partial charge < -0.3 is 15.5 Å². The largest absolute Gasteiger partial charge is 0.457 e. The third kappa shape index (κ3) is 3.99. The van der Waals surface area contributed by atoms with E-state index in [1.54, 1.807) is 12.5 Å². The number of H-pyrrole nitrogens is 1. The maximum absolute atomic E-state index is 12.7. The monoisotopic (exact) mass is 427 g/mol. The molecular formula is C25H25N5O2. The van der Waals surface area contributed by atoms with Gasteiger partial charge in [-0.25, -0.2) is 9.78 Å². The van der Waals surface area contributed by atoms with E-state index in [0.717, 1.165) is 64.9 Å². The Hall–Kier alpha value is -3.58. The van der Waals surface area contributed by atoms with Gasteiger partial charge in [-0.2, -0.15) is 0 Å². The summed E-state index contributed by atoms with van der Waals surface area (Å²) in [6, 6.07) is 13.5. The van der Waals surface area contributed by atoms with E-state index >= 15 is 0 Å². The number of esters is 1. The van der Waals surface area contributed by atoms with Crippen molar-refractivity contribution in [3.05, 3.63) is 66.2 Å². The number of nitrogens with one attached hydrogen (secondary N) is 1. The summed E-state index contributed by atoms with van der Waals surface area (Å²) in [5.41, 5.74) is 11.7. The quantitative estimate of drug-likeness (QED) is 0.467. The Morgan fingerprint density at radius 1 is 1.12 bits per heavy atom. The first-order chi connectivity index (χ1) is 15.6. The Bertz CT molecular complexity index is 1280. The highest BCUT2D eigenvalue weighted by Crippen LogP contribution is 2.30. The number of fused-ring (bicyclic) bond motifs is 1. The van der Waals surface area contributed by atoms with Gasteiger partial charge in [-0.3, -0.25) is 9.97 Å². The molecule has 0 radical (unpaired) electrons. The average Bonchev–Trinajstić information content (AvgIpc) is 3.30. The molecule has 3 N–H and O–H groups in total. The fourth-order valence-electron chi connectivity index (χ4n) is 4.26. The summed E-state index contributed by atoms with van der Waals surface area (Å²) in [7, 11) is 0. The van der Waals surface area contributed by atoms with E-state index in [1.165, 1.54) is 0 Å². The van der Waals surface area contributed by atoms with E-state index in [4.69, 9.17) is 10.5 Å². The molecule has 1 fully saturated rings. The number of carbonyl (C=O) groups is 1. The highest BCUT2D eigenvalue weighted by molar-refractivity contribution is 5.95. The van der Waals surface area contributed by atoms with Crippen molar-refractivity contribution in [3.8, 4) is 22.6 Å². The van der Waals surface area contributed by atoms with Crippen LogP contribution < -0.4 is 5.73 Å². The van der Waals surface area contributed by atoms with E-state index in [2.05, 4.69) is 19.9 Å². The lowest BCUT2D eigenvalue weighted by Crippen LogP contribution is -2.40. The summed E-state index contributed by atoms with van der Waals surface area (Å²) in [6.07, 6.45) is 6.82. The van der Waals surface area contributed by atoms with Crippen LogP contribution in [0.5, 0.6) is 0 Å². The summed E-state index contributed by atoms with van der Waals surface area (Å²) < 4.78 is 5.70. The van der Waals surface area contributed by atoms with Crippen molar-refractivity contribution in [1.29, 1.82) is 0 Å². The summed E-state index contributed by atoms with van der Waals surface area (Å²) in [5.74, 6) is -0.378. The van der Waals surface area contributed by atoms with Crippen LogP contribution in [-0.2, 0) is 4.74 Å². The van der Waals surface area contributed by atoms with E-state index in [0.29, 0.717) is 5.56 Å². The lowest BCUT2D eigenvalue weighted by molar-refractivity contribution is 0.0151. The Morgan fingerprint density at radius 3 is 2.84 bits per heavy atom. The van der Waals surface area contributed by atoms with Gasteiger partial charge in [0.25, 0.3) is 0 Å². The van der Waals surface area contributed by atoms with Crippen LogP contribution in [0.4, 0.5) is 0 Å². The molecule has 0 spiro atoms. The third-order valence-corrected chi connectivity index (χ3v) is 5.99. The lowest BCUT2D eigenvalue weighted by atomic mass is 9.93. The molecule has 32 heavy (non-hydrogen) atoms. The van der Waals surface area contributed by atoms with Crippen LogP contribution in [0.3, 0.4) is 0 Å². The number of hydrogen-bond donors (Lipinski definition) is 2. The van der Waals surface area contributed by atoms with Crippen LogP contribution >= 0.6 is 0 Å². The van der Waals surface area contributed by atoms with Crippen molar-refractivity contribution >= 4 is 16.9 Å². The third-order valence-electron chi connectivity index (χ3n) is 5.99. The molecule has 0 saturated heterocycles. The molecule has 0 amide bonds. The number of rotatable bonds is 4. The SMILES string of the molecule is Cc1cccc(-c2[nH]cnc2-c2ccc3ncc(C(=O)O[C@@H]4CCCC[C@H]4N)cc3c2)n1. The van der Waals surface area contributed by atoms with E-state index in [1.807, 2.05) is 49.4 Å². The Morgan fingerprint density at radius 2 is 2.00 bits per heavy atom. The van der Waals surface area contributed by atoms with E-state index in [-0.39, 0.29) is 18.1 Å². The molecule has 7 heteroatoms. The van der Waals surface area contributed by atoms with Crippen LogP contribution in [0.2, 0.25) is 0 Å². The first-order valence-electron chi connectivity index (χ1n) is 10.9. The average molecular weight is 428 g/mol. The van der Waals surface area contributed by atoms with Gasteiger partial charge in [-0.1, -0.05) is 18.6 Å². The number of imidazole rings is 1. The second-order valence-electron chi connectivity index (χ2n) is 8.31. The molecule has 162 valence electrons. The van der Waals surface area contributed by atoms with Crippen LogP contribution in [0.1, 0.15) is 41.7 Å². The molecule has 7 nitrogen and oxygen atoms in total. The van der Waals surface area contributed by atoms with E-state index < -0.39 is 0 Å². The molecule has 1 aliphatic carbocycles. The van der Waals surface area contributed by atoms with Gasteiger partial charge in [0, 0.05) is 28.9 Å². The van der Waals surface area contributed by atoms with Crippen LogP contribution in [0.25, 0.3) is 33.5 Å². The Labute approximate surface area is 186 Å². The summed E-state index contributed by atoms with van der Waals surface area (Å²) in [6.45, 7) is 1.96. The topological polar surface area (TPSA) is 107 Å². The summed E-state index contributed by atoms with van der Waals surface area (Å²) in [4.78, 5) is 29.5. The molecule has 4 aromatic rings. The zero-order valence-electron chi connectivity index (χ0n) is 17.9. The fourth-order valence-corrected chi connectivity index (χ4v) is 4.26. The maximum atomic E-state index is 12.7. The fraction of sp³-hybridized carbons (Fsp3) is 0.280. The molecule has 1 aromatic carbocycles. The number of nitrogens with zero attached hydrogens (tertiary/aromatic N) is 3. The molecular weight excluding hydrogens is 402 g/mol. The van der Waals surface area contributed by atoms with Crippen molar-refractivity contribution in [2.24, 2.45) is 5.73 Å². The molecule has 2 atom stereocenters. The van der Waals surface area contributed by atoms with Crippen molar-refractivity contribution in [2.45, 2.75) is 44.8 Å². The van der Waals surface area contributed by atoms with Gasteiger partial charge in [0.15, 0.2) is 0 Å². The smallest absolute Gasteiger partial charge is 0.340 e. The number of hydrogen-bond acceptors (Lipinski definition) is 6. The van der Waals surface area contributed by atoms with Gasteiger partial charge in [-0.15, -0.1) is 0 Å². The molecule has 0 unspecified atom stereocenters. The first-order valence-corrected chi connectivity index (χ1v) is 10.9. The number of carbonyl (C=O) groups excluding carboxylic acids is 1. The van der Waals surface area contributed by atoms with Crippen molar-refractivity contribution in [1.82, 2.24) is 19.9 Å². The van der Waals surface area contributed by atoms with Gasteiger partial charge in [0.05, 0.1) is 34.5 Å². The minimum Gasteiger partial charge on any atom is -0.457 e. The minimum atomic E-state index is -0.378. The lowest BCUT2D eigenvalue weighted by Gasteiger charge is -2.28.